The second-order valence-electron chi connectivity index (χ2n) is 4.09. The van der Waals surface area contributed by atoms with E-state index in [1.165, 1.54) is 6.42 Å². The summed E-state index contributed by atoms with van der Waals surface area (Å²) in [6, 6.07) is 0. The zero-order valence-corrected chi connectivity index (χ0v) is 8.58. The van der Waals surface area contributed by atoms with Gasteiger partial charge in [-0.3, -0.25) is 0 Å². The summed E-state index contributed by atoms with van der Waals surface area (Å²) < 4.78 is 5.37. The van der Waals surface area contributed by atoms with Crippen LogP contribution in [0, 0.1) is 17.8 Å². The Balaban J connectivity index is 2.55. The fraction of sp³-hybridized carbons (Fsp3) is 0.818. The summed E-state index contributed by atoms with van der Waals surface area (Å²) in [6.07, 6.45) is 6.24. The van der Waals surface area contributed by atoms with Gasteiger partial charge in [0.15, 0.2) is 0 Å². The lowest BCUT2D eigenvalue weighted by atomic mass is 9.83. The fourth-order valence-corrected chi connectivity index (χ4v) is 2.09. The molecule has 0 bridgehead atoms. The molecule has 12 heavy (non-hydrogen) atoms. The molecule has 0 aliphatic heterocycles. The highest BCUT2D eigenvalue weighted by molar-refractivity contribution is 5.03. The van der Waals surface area contributed by atoms with Gasteiger partial charge in [-0.2, -0.15) is 0 Å². The van der Waals surface area contributed by atoms with Crippen LogP contribution in [0.4, 0.5) is 0 Å². The van der Waals surface area contributed by atoms with E-state index in [0.717, 1.165) is 11.8 Å². The lowest BCUT2D eigenvalue weighted by Gasteiger charge is -2.27. The van der Waals surface area contributed by atoms with E-state index in [-0.39, 0.29) is 0 Å². The molecule has 0 fully saturated rings. The van der Waals surface area contributed by atoms with Crippen molar-refractivity contribution in [1.82, 2.24) is 0 Å². The minimum atomic E-state index is 0.396. The first-order valence-corrected chi connectivity index (χ1v) is 4.86. The molecule has 0 aromatic heterocycles. The lowest BCUT2D eigenvalue weighted by Crippen LogP contribution is -2.26. The van der Waals surface area contributed by atoms with Crippen LogP contribution in [-0.4, -0.2) is 13.2 Å². The number of hydrogen-bond acceptors (Lipinski definition) is 1. The topological polar surface area (TPSA) is 9.23 Å². The van der Waals surface area contributed by atoms with Crippen LogP contribution in [0.15, 0.2) is 12.2 Å². The molecule has 1 nitrogen and oxygen atoms in total. The molecule has 0 aromatic rings. The van der Waals surface area contributed by atoms with Crippen molar-refractivity contribution in [2.24, 2.45) is 17.8 Å². The molecule has 0 aromatic carbocycles. The quantitative estimate of drug-likeness (QED) is 0.589. The molecule has 0 saturated carbocycles. The maximum Gasteiger partial charge on any atom is 0.0580 e. The van der Waals surface area contributed by atoms with Crippen molar-refractivity contribution in [3.63, 3.8) is 0 Å². The summed E-state index contributed by atoms with van der Waals surface area (Å²) in [6.45, 7) is 6.75. The molecule has 0 saturated heterocycles. The Bertz CT molecular complexity index is 160. The van der Waals surface area contributed by atoms with Crippen molar-refractivity contribution in [3.05, 3.63) is 12.2 Å². The van der Waals surface area contributed by atoms with Gasteiger partial charge in [0.1, 0.15) is 0 Å². The van der Waals surface area contributed by atoms with Gasteiger partial charge in [0, 0.05) is 7.11 Å². The SMILES string of the molecule is CO[C@H](C)C1CC=CC1C(C)C. The van der Waals surface area contributed by atoms with Crippen LogP contribution in [-0.2, 0) is 4.74 Å². The Hall–Kier alpha value is -0.300. The van der Waals surface area contributed by atoms with Crippen LogP contribution in [0.25, 0.3) is 0 Å². The van der Waals surface area contributed by atoms with Gasteiger partial charge in [0.25, 0.3) is 0 Å². The van der Waals surface area contributed by atoms with Gasteiger partial charge in [-0.15, -0.1) is 0 Å². The van der Waals surface area contributed by atoms with E-state index < -0.39 is 0 Å². The van der Waals surface area contributed by atoms with Crippen LogP contribution in [0.2, 0.25) is 0 Å². The first-order valence-electron chi connectivity index (χ1n) is 4.86. The molecule has 1 aliphatic rings. The maximum absolute atomic E-state index is 5.37. The van der Waals surface area contributed by atoms with Crippen molar-refractivity contribution >= 4 is 0 Å². The largest absolute Gasteiger partial charge is 0.381 e. The van der Waals surface area contributed by atoms with Crippen LogP contribution in [0.1, 0.15) is 27.2 Å². The third kappa shape index (κ3) is 1.89. The number of methoxy groups -OCH3 is 1. The van der Waals surface area contributed by atoms with Crippen LogP contribution in [0.3, 0.4) is 0 Å². The minimum absolute atomic E-state index is 0.396. The highest BCUT2D eigenvalue weighted by Gasteiger charge is 2.29. The zero-order valence-electron chi connectivity index (χ0n) is 8.58. The highest BCUT2D eigenvalue weighted by Crippen LogP contribution is 2.34. The summed E-state index contributed by atoms with van der Waals surface area (Å²) in [4.78, 5) is 0. The first kappa shape index (κ1) is 9.79. The van der Waals surface area contributed by atoms with Gasteiger partial charge in [-0.05, 0) is 31.1 Å². The van der Waals surface area contributed by atoms with Crippen molar-refractivity contribution in [2.45, 2.75) is 33.3 Å². The Morgan fingerprint density at radius 2 is 2.00 bits per heavy atom. The van der Waals surface area contributed by atoms with Crippen molar-refractivity contribution in [2.75, 3.05) is 7.11 Å². The molecule has 1 aliphatic carbocycles. The van der Waals surface area contributed by atoms with Gasteiger partial charge in [-0.25, -0.2) is 0 Å². The third-order valence-corrected chi connectivity index (χ3v) is 3.01. The molecule has 0 heterocycles. The normalized spacial score (nSPS) is 31.4. The predicted octanol–water partition coefficient (Wildman–Crippen LogP) is 2.87. The van der Waals surface area contributed by atoms with E-state index in [9.17, 15) is 0 Å². The molecule has 1 rings (SSSR count). The molecule has 0 amide bonds. The second-order valence-corrected chi connectivity index (χ2v) is 4.09. The molecular formula is C11H20O. The molecular weight excluding hydrogens is 148 g/mol. The van der Waals surface area contributed by atoms with Gasteiger partial charge in [0.2, 0.25) is 0 Å². The molecule has 1 heteroatoms. The summed E-state index contributed by atoms with van der Waals surface area (Å²) >= 11 is 0. The average molecular weight is 168 g/mol. The standard InChI is InChI=1S/C11H20O/c1-8(2)10-6-5-7-11(10)9(3)12-4/h5-6,8-11H,7H2,1-4H3/t9-,10?,11?/m1/s1. The van der Waals surface area contributed by atoms with E-state index in [1.807, 2.05) is 0 Å². The Morgan fingerprint density at radius 3 is 2.50 bits per heavy atom. The number of hydrogen-bond donors (Lipinski definition) is 0. The van der Waals surface area contributed by atoms with Gasteiger partial charge in [0.05, 0.1) is 6.10 Å². The number of allylic oxidation sites excluding steroid dienone is 2. The summed E-state index contributed by atoms with van der Waals surface area (Å²) in [5.41, 5.74) is 0. The molecule has 0 radical (unpaired) electrons. The molecule has 2 unspecified atom stereocenters. The Labute approximate surface area is 75.8 Å². The Kier molecular flexibility index (Phi) is 3.33. The number of ether oxygens (including phenoxy) is 1. The monoisotopic (exact) mass is 168 g/mol. The van der Waals surface area contributed by atoms with Crippen LogP contribution < -0.4 is 0 Å². The van der Waals surface area contributed by atoms with Crippen LogP contribution in [0.5, 0.6) is 0 Å². The molecule has 70 valence electrons. The van der Waals surface area contributed by atoms with Gasteiger partial charge >= 0.3 is 0 Å². The first-order chi connectivity index (χ1) is 5.66. The minimum Gasteiger partial charge on any atom is -0.381 e. The predicted molar refractivity (Wildman–Crippen MR) is 52.0 cm³/mol. The van der Waals surface area contributed by atoms with Crippen molar-refractivity contribution in [3.8, 4) is 0 Å². The van der Waals surface area contributed by atoms with Gasteiger partial charge < -0.3 is 4.74 Å². The lowest BCUT2D eigenvalue weighted by molar-refractivity contribution is 0.0465. The van der Waals surface area contributed by atoms with Crippen molar-refractivity contribution in [1.29, 1.82) is 0 Å². The smallest absolute Gasteiger partial charge is 0.0580 e. The van der Waals surface area contributed by atoms with E-state index in [4.69, 9.17) is 4.74 Å². The summed E-state index contributed by atoms with van der Waals surface area (Å²) in [5, 5.41) is 0. The van der Waals surface area contributed by atoms with Crippen molar-refractivity contribution < 1.29 is 4.74 Å². The third-order valence-electron chi connectivity index (χ3n) is 3.01. The van der Waals surface area contributed by atoms with E-state index in [1.54, 1.807) is 7.11 Å². The second kappa shape index (κ2) is 4.08. The molecule has 0 N–H and O–H groups in total. The van der Waals surface area contributed by atoms with E-state index in [2.05, 4.69) is 32.9 Å². The molecule has 3 atom stereocenters. The zero-order chi connectivity index (χ0) is 9.14. The van der Waals surface area contributed by atoms with E-state index >= 15 is 0 Å². The number of rotatable bonds is 3. The fourth-order valence-electron chi connectivity index (χ4n) is 2.09. The maximum atomic E-state index is 5.37. The summed E-state index contributed by atoms with van der Waals surface area (Å²) in [5.74, 6) is 2.17. The Morgan fingerprint density at radius 1 is 1.33 bits per heavy atom. The molecule has 0 spiro atoms. The average Bonchev–Trinajstić information content (AvgIpc) is 2.50. The van der Waals surface area contributed by atoms with E-state index in [0.29, 0.717) is 12.0 Å². The highest BCUT2D eigenvalue weighted by atomic mass is 16.5. The van der Waals surface area contributed by atoms with Gasteiger partial charge in [-0.1, -0.05) is 26.0 Å². The van der Waals surface area contributed by atoms with Crippen LogP contribution >= 0.6 is 0 Å². The summed E-state index contributed by atoms with van der Waals surface area (Å²) in [7, 11) is 1.81.